The van der Waals surface area contributed by atoms with Crippen LogP contribution in [-0.4, -0.2) is 43.2 Å². The van der Waals surface area contributed by atoms with E-state index in [9.17, 15) is 4.79 Å². The third-order valence-electron chi connectivity index (χ3n) is 3.50. The first-order chi connectivity index (χ1) is 9.25. The van der Waals surface area contributed by atoms with Crippen molar-refractivity contribution in [3.8, 4) is 0 Å². The number of hydrogen-bond donors (Lipinski definition) is 1. The van der Waals surface area contributed by atoms with Gasteiger partial charge in [0.25, 0.3) is 0 Å². The summed E-state index contributed by atoms with van der Waals surface area (Å²) in [6.07, 6.45) is 2.64. The molecule has 1 amide bonds. The Bertz CT molecular complexity index is 386. The molecule has 19 heavy (non-hydrogen) atoms. The van der Waals surface area contributed by atoms with E-state index >= 15 is 0 Å². The first kappa shape index (κ1) is 14.0. The van der Waals surface area contributed by atoms with Crippen LogP contribution in [-0.2, 0) is 16.0 Å². The number of ether oxygens (including phenoxy) is 1. The third kappa shape index (κ3) is 4.65. The van der Waals surface area contributed by atoms with Crippen LogP contribution in [0.1, 0.15) is 18.4 Å². The van der Waals surface area contributed by atoms with Crippen molar-refractivity contribution < 1.29 is 9.53 Å². The summed E-state index contributed by atoms with van der Waals surface area (Å²) in [5, 5.41) is 0. The molecular weight excluding hydrogens is 240 g/mol. The molecule has 0 atom stereocenters. The Hall–Kier alpha value is -1.39. The predicted molar refractivity (Wildman–Crippen MR) is 74.8 cm³/mol. The molecule has 0 saturated carbocycles. The summed E-state index contributed by atoms with van der Waals surface area (Å²) >= 11 is 0. The topological polar surface area (TPSA) is 55.6 Å². The smallest absolute Gasteiger partial charge is 0.248 e. The van der Waals surface area contributed by atoms with Gasteiger partial charge < -0.3 is 15.4 Å². The molecule has 0 aromatic heterocycles. The number of rotatable bonds is 5. The second kappa shape index (κ2) is 7.26. The first-order valence-electron chi connectivity index (χ1n) is 6.91. The van der Waals surface area contributed by atoms with Gasteiger partial charge in [-0.2, -0.15) is 0 Å². The molecule has 1 aliphatic rings. The second-order valence-corrected chi connectivity index (χ2v) is 5.01. The van der Waals surface area contributed by atoms with E-state index in [0.717, 1.165) is 32.4 Å². The average molecular weight is 262 g/mol. The lowest BCUT2D eigenvalue weighted by molar-refractivity contribution is -0.137. The zero-order valence-electron chi connectivity index (χ0n) is 11.3. The third-order valence-corrected chi connectivity index (χ3v) is 3.50. The van der Waals surface area contributed by atoms with Crippen molar-refractivity contribution in [2.75, 3.05) is 26.3 Å². The van der Waals surface area contributed by atoms with Gasteiger partial charge in [-0.1, -0.05) is 30.3 Å². The summed E-state index contributed by atoms with van der Waals surface area (Å²) in [7, 11) is 0. The van der Waals surface area contributed by atoms with Crippen molar-refractivity contribution in [3.63, 3.8) is 0 Å². The van der Waals surface area contributed by atoms with Crippen LogP contribution in [0.5, 0.6) is 0 Å². The van der Waals surface area contributed by atoms with Crippen LogP contribution in [0.2, 0.25) is 0 Å². The van der Waals surface area contributed by atoms with Gasteiger partial charge in [0.2, 0.25) is 5.91 Å². The zero-order valence-corrected chi connectivity index (χ0v) is 11.3. The summed E-state index contributed by atoms with van der Waals surface area (Å²) in [5.74, 6) is 0.0833. The van der Waals surface area contributed by atoms with Crippen molar-refractivity contribution >= 4 is 5.91 Å². The van der Waals surface area contributed by atoms with Crippen LogP contribution in [0.3, 0.4) is 0 Å². The molecule has 2 N–H and O–H groups in total. The highest BCUT2D eigenvalue weighted by Gasteiger charge is 2.20. The minimum absolute atomic E-state index is 0.0833. The minimum atomic E-state index is 0.0833. The Morgan fingerprint density at radius 3 is 2.63 bits per heavy atom. The van der Waals surface area contributed by atoms with Crippen LogP contribution in [0.25, 0.3) is 0 Å². The lowest BCUT2D eigenvalue weighted by atomic mass is 10.1. The van der Waals surface area contributed by atoms with Crippen LogP contribution < -0.4 is 5.73 Å². The van der Waals surface area contributed by atoms with Crippen molar-refractivity contribution in [2.24, 2.45) is 5.73 Å². The maximum atomic E-state index is 11.9. The molecule has 0 bridgehead atoms. The van der Waals surface area contributed by atoms with Crippen molar-refractivity contribution in [1.29, 1.82) is 0 Å². The molecule has 4 heteroatoms. The Morgan fingerprint density at radius 2 is 1.95 bits per heavy atom. The molecule has 1 aliphatic heterocycles. The maximum absolute atomic E-state index is 11.9. The number of nitrogens with two attached hydrogens (primary N) is 1. The quantitative estimate of drug-likeness (QED) is 0.811. The van der Waals surface area contributed by atoms with Crippen molar-refractivity contribution in [1.82, 2.24) is 4.90 Å². The summed E-state index contributed by atoms with van der Waals surface area (Å²) < 4.78 is 5.46. The first-order valence-corrected chi connectivity index (χ1v) is 6.91. The molecule has 4 nitrogen and oxygen atoms in total. The van der Waals surface area contributed by atoms with Gasteiger partial charge in [-0.15, -0.1) is 0 Å². The molecule has 1 aromatic carbocycles. The molecule has 1 aromatic rings. The molecule has 0 radical (unpaired) electrons. The standard InChI is InChI=1S/C15H22N2O2/c16-14-6-9-17(10-7-14)15(18)12-19-11-8-13-4-2-1-3-5-13/h1-5,14H,6-12,16H2. The molecule has 104 valence electrons. The molecule has 1 fully saturated rings. The van der Waals surface area contributed by atoms with E-state index in [-0.39, 0.29) is 18.6 Å². The van der Waals surface area contributed by atoms with Crippen LogP contribution in [0.4, 0.5) is 0 Å². The largest absolute Gasteiger partial charge is 0.371 e. The van der Waals surface area contributed by atoms with Gasteiger partial charge in [0.05, 0.1) is 6.61 Å². The Morgan fingerprint density at radius 1 is 1.26 bits per heavy atom. The fourth-order valence-electron chi connectivity index (χ4n) is 2.23. The minimum Gasteiger partial charge on any atom is -0.371 e. The highest BCUT2D eigenvalue weighted by molar-refractivity contribution is 5.77. The van der Waals surface area contributed by atoms with Crippen molar-refractivity contribution in [2.45, 2.75) is 25.3 Å². The van der Waals surface area contributed by atoms with E-state index in [0.29, 0.717) is 6.61 Å². The fourth-order valence-corrected chi connectivity index (χ4v) is 2.23. The van der Waals surface area contributed by atoms with Gasteiger partial charge in [-0.3, -0.25) is 4.79 Å². The number of piperidine rings is 1. The zero-order chi connectivity index (χ0) is 13.5. The van der Waals surface area contributed by atoms with Gasteiger partial charge in [0, 0.05) is 19.1 Å². The number of carbonyl (C=O) groups excluding carboxylic acids is 1. The monoisotopic (exact) mass is 262 g/mol. The summed E-state index contributed by atoms with van der Waals surface area (Å²) in [4.78, 5) is 13.7. The van der Waals surface area contributed by atoms with Crippen LogP contribution >= 0.6 is 0 Å². The number of amides is 1. The van der Waals surface area contributed by atoms with E-state index < -0.39 is 0 Å². The maximum Gasteiger partial charge on any atom is 0.248 e. The highest BCUT2D eigenvalue weighted by Crippen LogP contribution is 2.08. The van der Waals surface area contributed by atoms with Gasteiger partial charge in [-0.05, 0) is 24.8 Å². The molecular formula is C15H22N2O2. The van der Waals surface area contributed by atoms with Crippen molar-refractivity contribution in [3.05, 3.63) is 35.9 Å². The van der Waals surface area contributed by atoms with E-state index in [1.165, 1.54) is 5.56 Å². The molecule has 2 rings (SSSR count). The van der Waals surface area contributed by atoms with E-state index in [2.05, 4.69) is 12.1 Å². The molecule has 1 saturated heterocycles. The molecule has 0 aliphatic carbocycles. The Kier molecular flexibility index (Phi) is 5.36. The SMILES string of the molecule is NC1CCN(C(=O)COCCc2ccccc2)CC1. The van der Waals surface area contributed by atoms with E-state index in [1.807, 2.05) is 23.1 Å². The van der Waals surface area contributed by atoms with Crippen LogP contribution in [0, 0.1) is 0 Å². The van der Waals surface area contributed by atoms with Crippen LogP contribution in [0.15, 0.2) is 30.3 Å². The highest BCUT2D eigenvalue weighted by atomic mass is 16.5. The molecule has 0 unspecified atom stereocenters. The summed E-state index contributed by atoms with van der Waals surface area (Å²) in [5.41, 5.74) is 7.05. The average Bonchev–Trinajstić information content (AvgIpc) is 2.45. The molecule has 1 heterocycles. The lowest BCUT2D eigenvalue weighted by Crippen LogP contribution is -2.44. The van der Waals surface area contributed by atoms with Gasteiger partial charge in [0.1, 0.15) is 6.61 Å². The normalized spacial score (nSPS) is 16.6. The molecule has 0 spiro atoms. The number of carbonyl (C=O) groups is 1. The number of likely N-dealkylation sites (tertiary alicyclic amines) is 1. The summed E-state index contributed by atoms with van der Waals surface area (Å²) in [6, 6.07) is 10.4. The lowest BCUT2D eigenvalue weighted by Gasteiger charge is -2.30. The van der Waals surface area contributed by atoms with Gasteiger partial charge in [0.15, 0.2) is 0 Å². The Balaban J connectivity index is 1.61. The second-order valence-electron chi connectivity index (χ2n) is 5.01. The number of hydrogen-bond acceptors (Lipinski definition) is 3. The predicted octanol–water partition coefficient (Wildman–Crippen LogP) is 1.20. The van der Waals surface area contributed by atoms with E-state index in [4.69, 9.17) is 10.5 Å². The van der Waals surface area contributed by atoms with Gasteiger partial charge in [-0.25, -0.2) is 0 Å². The summed E-state index contributed by atoms with van der Waals surface area (Å²) in [6.45, 7) is 2.30. The van der Waals surface area contributed by atoms with Gasteiger partial charge >= 0.3 is 0 Å². The fraction of sp³-hybridized carbons (Fsp3) is 0.533. The number of benzene rings is 1. The Labute approximate surface area is 114 Å². The van der Waals surface area contributed by atoms with E-state index in [1.54, 1.807) is 0 Å². The number of nitrogens with zero attached hydrogens (tertiary/aromatic N) is 1.